The Morgan fingerprint density at radius 2 is 1.56 bits per heavy atom. The topological polar surface area (TPSA) is 91.1 Å². The molecule has 1 aromatic heterocycles. The highest BCUT2D eigenvalue weighted by atomic mass is 32.2. The Morgan fingerprint density at radius 1 is 0.912 bits per heavy atom. The summed E-state index contributed by atoms with van der Waals surface area (Å²) in [6.45, 7) is 4.34. The number of nitrogens with one attached hydrogen (secondary N) is 3. The third kappa shape index (κ3) is 5.73. The number of para-hydroxylation sites is 1. The number of amides is 1. The van der Waals surface area contributed by atoms with Gasteiger partial charge in [-0.25, -0.2) is 8.42 Å². The highest BCUT2D eigenvalue weighted by Crippen LogP contribution is 2.20. The predicted octanol–water partition coefficient (Wildman–Crippen LogP) is 4.03. The van der Waals surface area contributed by atoms with E-state index in [9.17, 15) is 13.2 Å². The monoisotopic (exact) mass is 475 g/mol. The van der Waals surface area contributed by atoms with Crippen LogP contribution in [0.15, 0.2) is 83.9 Å². The van der Waals surface area contributed by atoms with Gasteiger partial charge in [-0.2, -0.15) is 4.72 Å². The van der Waals surface area contributed by atoms with Crippen LogP contribution in [0.5, 0.6) is 0 Å². The number of H-pyrrole nitrogens is 1. The van der Waals surface area contributed by atoms with E-state index >= 15 is 0 Å². The molecular formula is C27H29N3O3S. The maximum atomic E-state index is 13.2. The number of rotatable bonds is 9. The van der Waals surface area contributed by atoms with Gasteiger partial charge in [0.25, 0.3) is 0 Å². The number of hydrogen-bond donors (Lipinski definition) is 3. The minimum atomic E-state index is -3.88. The fourth-order valence-corrected chi connectivity index (χ4v) is 5.08. The van der Waals surface area contributed by atoms with E-state index in [1.54, 1.807) is 24.3 Å². The van der Waals surface area contributed by atoms with Crippen molar-refractivity contribution < 1.29 is 13.2 Å². The quantitative estimate of drug-likeness (QED) is 0.341. The zero-order valence-corrected chi connectivity index (χ0v) is 20.2. The average molecular weight is 476 g/mol. The molecule has 1 atom stereocenters. The number of benzene rings is 3. The summed E-state index contributed by atoms with van der Waals surface area (Å²) in [6.07, 6.45) is 2.72. The zero-order valence-electron chi connectivity index (χ0n) is 19.3. The molecule has 1 amide bonds. The van der Waals surface area contributed by atoms with Crippen LogP contribution in [-0.2, 0) is 27.7 Å². The van der Waals surface area contributed by atoms with E-state index in [0.29, 0.717) is 13.0 Å². The van der Waals surface area contributed by atoms with Crippen molar-refractivity contribution in [3.05, 3.63) is 101 Å². The van der Waals surface area contributed by atoms with Gasteiger partial charge in [0.2, 0.25) is 15.9 Å². The number of aryl methyl sites for hydroxylation is 2. The van der Waals surface area contributed by atoms with Crippen molar-refractivity contribution in [3.8, 4) is 0 Å². The molecule has 0 aliphatic rings. The molecule has 3 aromatic carbocycles. The number of aromatic nitrogens is 1. The number of carbonyl (C=O) groups is 1. The number of hydrogen-bond acceptors (Lipinski definition) is 3. The molecule has 1 heterocycles. The highest BCUT2D eigenvalue weighted by molar-refractivity contribution is 7.89. The summed E-state index contributed by atoms with van der Waals surface area (Å²) < 4.78 is 28.8. The normalized spacial score (nSPS) is 12.5. The van der Waals surface area contributed by atoms with Gasteiger partial charge in [-0.3, -0.25) is 4.79 Å². The van der Waals surface area contributed by atoms with Crippen molar-refractivity contribution in [2.45, 2.75) is 37.6 Å². The van der Waals surface area contributed by atoms with Crippen LogP contribution < -0.4 is 10.0 Å². The van der Waals surface area contributed by atoms with Gasteiger partial charge >= 0.3 is 0 Å². The Balaban J connectivity index is 1.53. The second-order valence-corrected chi connectivity index (χ2v) is 10.3. The molecule has 0 unspecified atom stereocenters. The van der Waals surface area contributed by atoms with Gasteiger partial charge in [0.1, 0.15) is 6.04 Å². The number of aromatic amines is 1. The van der Waals surface area contributed by atoms with E-state index in [1.165, 1.54) is 5.56 Å². The largest absolute Gasteiger partial charge is 0.361 e. The van der Waals surface area contributed by atoms with Gasteiger partial charge in [0.05, 0.1) is 4.90 Å². The van der Waals surface area contributed by atoms with Crippen LogP contribution in [0.25, 0.3) is 10.9 Å². The molecule has 7 heteroatoms. The summed E-state index contributed by atoms with van der Waals surface area (Å²) in [5.74, 6) is -0.354. The van der Waals surface area contributed by atoms with Crippen molar-refractivity contribution in [2.75, 3.05) is 6.54 Å². The lowest BCUT2D eigenvalue weighted by molar-refractivity contribution is -0.122. The first-order chi connectivity index (χ1) is 16.3. The Morgan fingerprint density at radius 3 is 2.26 bits per heavy atom. The van der Waals surface area contributed by atoms with Gasteiger partial charge < -0.3 is 10.3 Å². The van der Waals surface area contributed by atoms with Crippen molar-refractivity contribution in [3.63, 3.8) is 0 Å². The van der Waals surface area contributed by atoms with Crippen LogP contribution in [0.1, 0.15) is 22.3 Å². The van der Waals surface area contributed by atoms with Gasteiger partial charge in [-0.05, 0) is 56.0 Å². The van der Waals surface area contributed by atoms with Crippen molar-refractivity contribution in [1.82, 2.24) is 15.0 Å². The lowest BCUT2D eigenvalue weighted by Crippen LogP contribution is -2.48. The maximum Gasteiger partial charge on any atom is 0.241 e. The minimum Gasteiger partial charge on any atom is -0.361 e. The number of sulfonamides is 1. The summed E-state index contributed by atoms with van der Waals surface area (Å²) >= 11 is 0. The van der Waals surface area contributed by atoms with Crippen molar-refractivity contribution >= 4 is 26.8 Å². The van der Waals surface area contributed by atoms with E-state index in [0.717, 1.165) is 27.6 Å². The molecule has 0 aliphatic heterocycles. The summed E-state index contributed by atoms with van der Waals surface area (Å²) in [7, 11) is -3.88. The summed E-state index contributed by atoms with van der Waals surface area (Å²) in [5.41, 5.74) is 5.07. The Bertz CT molecular complexity index is 1370. The highest BCUT2D eigenvalue weighted by Gasteiger charge is 2.26. The van der Waals surface area contributed by atoms with E-state index < -0.39 is 16.1 Å². The van der Waals surface area contributed by atoms with E-state index in [-0.39, 0.29) is 17.2 Å². The summed E-state index contributed by atoms with van der Waals surface area (Å²) in [6, 6.07) is 21.5. The van der Waals surface area contributed by atoms with Crippen LogP contribution >= 0.6 is 0 Å². The van der Waals surface area contributed by atoms with Crippen molar-refractivity contribution in [1.29, 1.82) is 0 Å². The molecule has 0 aliphatic carbocycles. The lowest BCUT2D eigenvalue weighted by atomic mass is 10.0. The summed E-state index contributed by atoms with van der Waals surface area (Å²) in [4.78, 5) is 16.5. The number of fused-ring (bicyclic) bond motifs is 1. The van der Waals surface area contributed by atoms with Gasteiger partial charge in [-0.1, -0.05) is 65.7 Å². The molecule has 3 N–H and O–H groups in total. The van der Waals surface area contributed by atoms with Gasteiger partial charge in [0, 0.05) is 23.6 Å². The van der Waals surface area contributed by atoms with E-state index in [4.69, 9.17) is 0 Å². The summed E-state index contributed by atoms with van der Waals surface area (Å²) in [5, 5.41) is 3.88. The smallest absolute Gasteiger partial charge is 0.241 e. The Hall–Kier alpha value is -3.42. The number of carbonyl (C=O) groups excluding carboxylic acids is 1. The predicted molar refractivity (Wildman–Crippen MR) is 135 cm³/mol. The van der Waals surface area contributed by atoms with E-state index in [1.807, 2.05) is 68.6 Å². The average Bonchev–Trinajstić information content (AvgIpc) is 3.23. The van der Waals surface area contributed by atoms with Crippen molar-refractivity contribution in [2.24, 2.45) is 0 Å². The minimum absolute atomic E-state index is 0.134. The molecule has 34 heavy (non-hydrogen) atoms. The van der Waals surface area contributed by atoms with Crippen LogP contribution in [-0.4, -0.2) is 31.9 Å². The van der Waals surface area contributed by atoms with Crippen LogP contribution in [0.2, 0.25) is 0 Å². The fourth-order valence-electron chi connectivity index (χ4n) is 3.89. The molecule has 0 spiro atoms. The first kappa shape index (κ1) is 23.7. The van der Waals surface area contributed by atoms with E-state index in [2.05, 4.69) is 15.0 Å². The molecule has 0 radical (unpaired) electrons. The molecule has 4 aromatic rings. The molecule has 0 saturated heterocycles. The second-order valence-electron chi connectivity index (χ2n) is 8.58. The standard InChI is InChI=1S/C27H29N3O3S/c1-19-7-11-21(12-8-19)15-16-28-27(31)26(17-22-18-29-25-6-4-3-5-24(22)25)30-34(32,33)23-13-9-20(2)10-14-23/h3-14,18,26,29-30H,15-17H2,1-2H3,(H,28,31)/t26-/m0/s1. The molecular weight excluding hydrogens is 446 g/mol. The third-order valence-electron chi connectivity index (χ3n) is 5.88. The molecule has 0 saturated carbocycles. The fraction of sp³-hybridized carbons (Fsp3) is 0.222. The SMILES string of the molecule is Cc1ccc(CCNC(=O)[C@H](Cc2c[nH]c3ccccc23)NS(=O)(=O)c2ccc(C)cc2)cc1. The Kier molecular flexibility index (Phi) is 7.14. The van der Waals surface area contributed by atoms with Crippen LogP contribution in [0, 0.1) is 13.8 Å². The molecule has 4 rings (SSSR count). The molecule has 0 bridgehead atoms. The van der Waals surface area contributed by atoms with Gasteiger partial charge in [0.15, 0.2) is 0 Å². The maximum absolute atomic E-state index is 13.2. The zero-order chi connectivity index (χ0) is 24.1. The Labute approximate surface area is 200 Å². The first-order valence-corrected chi connectivity index (χ1v) is 12.8. The third-order valence-corrected chi connectivity index (χ3v) is 7.37. The second kappa shape index (κ2) is 10.2. The molecule has 0 fully saturated rings. The lowest BCUT2D eigenvalue weighted by Gasteiger charge is -2.19. The van der Waals surface area contributed by atoms with Crippen LogP contribution in [0.3, 0.4) is 0 Å². The van der Waals surface area contributed by atoms with Crippen LogP contribution in [0.4, 0.5) is 0 Å². The molecule has 6 nitrogen and oxygen atoms in total. The first-order valence-electron chi connectivity index (χ1n) is 11.3. The molecule has 176 valence electrons. The van der Waals surface area contributed by atoms with Gasteiger partial charge in [-0.15, -0.1) is 0 Å².